The number of fused-ring (bicyclic) bond motifs is 2. The first-order chi connectivity index (χ1) is 15.1. The van der Waals surface area contributed by atoms with Crippen LogP contribution in [0.25, 0.3) is 27.8 Å². The van der Waals surface area contributed by atoms with E-state index in [-0.39, 0.29) is 5.91 Å². The lowest BCUT2D eigenvalue weighted by molar-refractivity contribution is -0.132. The monoisotopic (exact) mass is 416 g/mol. The van der Waals surface area contributed by atoms with Crippen LogP contribution < -0.4 is 5.32 Å². The highest BCUT2D eigenvalue weighted by atomic mass is 16.2. The lowest BCUT2D eigenvalue weighted by Gasteiger charge is -2.52. The summed E-state index contributed by atoms with van der Waals surface area (Å²) in [5.74, 6) is 0.854. The van der Waals surface area contributed by atoms with Crippen molar-refractivity contribution in [3.63, 3.8) is 0 Å². The van der Waals surface area contributed by atoms with Crippen molar-refractivity contribution < 1.29 is 4.79 Å². The van der Waals surface area contributed by atoms with Crippen LogP contribution in [-0.2, 0) is 4.79 Å². The van der Waals surface area contributed by atoms with E-state index in [1.165, 1.54) is 0 Å². The number of piperidine rings is 1. The molecule has 158 valence electrons. The molecule has 0 atom stereocenters. The van der Waals surface area contributed by atoms with E-state index in [4.69, 9.17) is 4.98 Å². The molecule has 6 rings (SSSR count). The number of amides is 1. The normalized spacial score (nSPS) is 18.5. The number of nitrogens with one attached hydrogen (secondary N) is 2. The van der Waals surface area contributed by atoms with Gasteiger partial charge in [0.05, 0.1) is 0 Å². The first-order valence-electron chi connectivity index (χ1n) is 10.7. The predicted octanol–water partition coefficient (Wildman–Crippen LogP) is 2.87. The van der Waals surface area contributed by atoms with E-state index in [0.29, 0.717) is 17.4 Å². The average Bonchev–Trinajstić information content (AvgIpc) is 3.39. The smallest absolute Gasteiger partial charge is 0.224 e. The minimum atomic E-state index is 0.192. The van der Waals surface area contributed by atoms with Gasteiger partial charge in [-0.05, 0) is 48.8 Å². The number of hydrogen-bond donors (Lipinski definition) is 2. The SMILES string of the molecule is CC(=O)N1CCC2(CC1)CC(Nc1ncc3c(-c4ccn5ncnc5c4)c[nH]c3n1)C2. The number of aromatic nitrogens is 6. The highest BCUT2D eigenvalue weighted by Gasteiger charge is 2.46. The van der Waals surface area contributed by atoms with E-state index in [9.17, 15) is 4.79 Å². The Labute approximate surface area is 178 Å². The molecule has 9 heteroatoms. The molecule has 4 aromatic rings. The molecule has 1 aliphatic carbocycles. The molecule has 1 saturated carbocycles. The number of likely N-dealkylation sites (tertiary alicyclic amines) is 1. The largest absolute Gasteiger partial charge is 0.351 e. The Morgan fingerprint density at radius 2 is 2.10 bits per heavy atom. The van der Waals surface area contributed by atoms with Crippen LogP contribution in [0.5, 0.6) is 0 Å². The Hall–Kier alpha value is -3.49. The molecule has 4 aromatic heterocycles. The molecule has 0 bridgehead atoms. The fraction of sp³-hybridized carbons (Fsp3) is 0.409. The zero-order valence-electron chi connectivity index (χ0n) is 17.4. The van der Waals surface area contributed by atoms with Crippen molar-refractivity contribution in [3.05, 3.63) is 37.1 Å². The molecular weight excluding hydrogens is 392 g/mol. The van der Waals surface area contributed by atoms with Gasteiger partial charge in [0.15, 0.2) is 5.65 Å². The van der Waals surface area contributed by atoms with Crippen LogP contribution in [0.1, 0.15) is 32.6 Å². The number of nitrogens with zero attached hydrogens (tertiary/aromatic N) is 6. The van der Waals surface area contributed by atoms with Gasteiger partial charge in [-0.2, -0.15) is 10.1 Å². The van der Waals surface area contributed by atoms with Crippen molar-refractivity contribution in [3.8, 4) is 11.1 Å². The maximum atomic E-state index is 11.6. The van der Waals surface area contributed by atoms with Gasteiger partial charge in [-0.1, -0.05) is 0 Å². The van der Waals surface area contributed by atoms with Crippen LogP contribution in [0.3, 0.4) is 0 Å². The number of carbonyl (C=O) groups is 1. The van der Waals surface area contributed by atoms with Crippen LogP contribution in [0, 0.1) is 5.41 Å². The molecule has 1 aliphatic heterocycles. The van der Waals surface area contributed by atoms with Gasteiger partial charge < -0.3 is 15.2 Å². The number of aromatic amines is 1. The summed E-state index contributed by atoms with van der Waals surface area (Å²) in [6.07, 6.45) is 11.7. The van der Waals surface area contributed by atoms with E-state index < -0.39 is 0 Å². The molecule has 0 aromatic carbocycles. The van der Waals surface area contributed by atoms with Gasteiger partial charge in [-0.15, -0.1) is 0 Å². The van der Waals surface area contributed by atoms with Gasteiger partial charge in [0, 0.05) is 55.6 Å². The lowest BCUT2D eigenvalue weighted by Crippen LogP contribution is -2.52. The number of pyridine rings is 1. The fourth-order valence-electron chi connectivity index (χ4n) is 5.17. The molecule has 5 heterocycles. The Bertz CT molecular complexity index is 1280. The second kappa shape index (κ2) is 6.76. The van der Waals surface area contributed by atoms with E-state index in [0.717, 1.165) is 66.6 Å². The van der Waals surface area contributed by atoms with Gasteiger partial charge >= 0.3 is 0 Å². The molecule has 1 spiro atoms. The van der Waals surface area contributed by atoms with Gasteiger partial charge in [0.1, 0.15) is 12.0 Å². The maximum absolute atomic E-state index is 11.6. The van der Waals surface area contributed by atoms with Crippen molar-refractivity contribution >= 4 is 28.5 Å². The molecule has 1 amide bonds. The number of hydrogen-bond acceptors (Lipinski definition) is 6. The Morgan fingerprint density at radius 3 is 2.90 bits per heavy atom. The first kappa shape index (κ1) is 18.3. The number of carbonyl (C=O) groups excluding carboxylic acids is 1. The van der Waals surface area contributed by atoms with Gasteiger partial charge in [0.2, 0.25) is 11.9 Å². The first-order valence-corrected chi connectivity index (χ1v) is 10.7. The molecule has 31 heavy (non-hydrogen) atoms. The zero-order chi connectivity index (χ0) is 21.0. The van der Waals surface area contributed by atoms with Gasteiger partial charge in [0.25, 0.3) is 0 Å². The summed E-state index contributed by atoms with van der Waals surface area (Å²) in [5.41, 5.74) is 4.10. The summed E-state index contributed by atoms with van der Waals surface area (Å²) in [4.78, 5) is 30.3. The molecule has 0 radical (unpaired) electrons. The summed E-state index contributed by atoms with van der Waals surface area (Å²) in [5, 5.41) is 8.63. The third-order valence-corrected chi connectivity index (χ3v) is 6.99. The third kappa shape index (κ3) is 3.11. The Balaban J connectivity index is 1.15. The molecular formula is C22H24N8O. The van der Waals surface area contributed by atoms with Gasteiger partial charge in [-0.3, -0.25) is 4.79 Å². The summed E-state index contributed by atoms with van der Waals surface area (Å²) >= 11 is 0. The van der Waals surface area contributed by atoms with Gasteiger partial charge in [-0.25, -0.2) is 14.5 Å². The molecule has 9 nitrogen and oxygen atoms in total. The second-order valence-electron chi connectivity index (χ2n) is 8.89. The topological polar surface area (TPSA) is 104 Å². The number of anilines is 1. The third-order valence-electron chi connectivity index (χ3n) is 6.99. The van der Waals surface area contributed by atoms with Crippen molar-refractivity contribution in [2.24, 2.45) is 5.41 Å². The van der Waals surface area contributed by atoms with Crippen LogP contribution in [0.2, 0.25) is 0 Å². The van der Waals surface area contributed by atoms with E-state index in [1.807, 2.05) is 35.6 Å². The standard InChI is InChI=1S/C22H24N8O/c1-14(31)29-6-3-22(4-7-29)9-16(10-22)27-21-24-12-18-17(11-23-20(18)28-21)15-2-5-30-19(8-15)25-13-26-30/h2,5,8,11-13,16H,3-4,6-7,9-10H2,1H3,(H2,23,24,27,28). The maximum Gasteiger partial charge on any atom is 0.224 e. The molecule has 0 unspecified atom stereocenters. The average molecular weight is 416 g/mol. The summed E-state index contributed by atoms with van der Waals surface area (Å²) in [6.45, 7) is 3.43. The quantitative estimate of drug-likeness (QED) is 0.532. The Morgan fingerprint density at radius 1 is 1.26 bits per heavy atom. The van der Waals surface area contributed by atoms with E-state index in [1.54, 1.807) is 17.8 Å². The van der Waals surface area contributed by atoms with Crippen molar-refractivity contribution in [2.45, 2.75) is 38.6 Å². The van der Waals surface area contributed by atoms with Crippen LogP contribution in [-0.4, -0.2) is 59.5 Å². The van der Waals surface area contributed by atoms with Crippen molar-refractivity contribution in [1.29, 1.82) is 0 Å². The number of H-pyrrole nitrogens is 1. The lowest BCUT2D eigenvalue weighted by atomic mass is 9.60. The summed E-state index contributed by atoms with van der Waals surface area (Å²) in [7, 11) is 0. The molecule has 2 N–H and O–H groups in total. The van der Waals surface area contributed by atoms with E-state index in [2.05, 4.69) is 25.4 Å². The second-order valence-corrected chi connectivity index (χ2v) is 8.89. The minimum Gasteiger partial charge on any atom is -0.351 e. The van der Waals surface area contributed by atoms with Crippen molar-refractivity contribution in [2.75, 3.05) is 18.4 Å². The van der Waals surface area contributed by atoms with E-state index >= 15 is 0 Å². The number of rotatable bonds is 3. The predicted molar refractivity (Wildman–Crippen MR) is 116 cm³/mol. The van der Waals surface area contributed by atoms with Crippen molar-refractivity contribution in [1.82, 2.24) is 34.4 Å². The summed E-state index contributed by atoms with van der Waals surface area (Å²) in [6, 6.07) is 4.42. The minimum absolute atomic E-state index is 0.192. The Kier molecular flexibility index (Phi) is 3.99. The molecule has 1 saturated heterocycles. The highest BCUT2D eigenvalue weighted by molar-refractivity contribution is 5.93. The zero-order valence-corrected chi connectivity index (χ0v) is 17.4. The van der Waals surface area contributed by atoms with Crippen LogP contribution in [0.4, 0.5) is 5.95 Å². The highest BCUT2D eigenvalue weighted by Crippen LogP contribution is 2.49. The fourth-order valence-corrected chi connectivity index (χ4v) is 5.17. The summed E-state index contributed by atoms with van der Waals surface area (Å²) < 4.78 is 1.74. The molecule has 2 fully saturated rings. The van der Waals surface area contributed by atoms with Crippen LogP contribution in [0.15, 0.2) is 37.1 Å². The van der Waals surface area contributed by atoms with Crippen LogP contribution >= 0.6 is 0 Å². The molecule has 2 aliphatic rings.